The van der Waals surface area contributed by atoms with E-state index < -0.39 is 23.6 Å². The molecule has 6 nitrogen and oxygen atoms in total. The highest BCUT2D eigenvalue weighted by molar-refractivity contribution is 6.30. The summed E-state index contributed by atoms with van der Waals surface area (Å²) >= 11 is 5.91. The first-order chi connectivity index (χ1) is 13.7. The van der Waals surface area contributed by atoms with Crippen molar-refractivity contribution in [3.05, 3.63) is 64.7 Å². The van der Waals surface area contributed by atoms with Crippen LogP contribution in [0.2, 0.25) is 5.02 Å². The standard InChI is InChI=1S/C22H25ClN2O4/c1-14(2)18-6-4-5-7-19(18)29-13-17(26)12-25-20(27)22(3,24-21(25)28)15-8-10-16(23)11-9-15/h4-11,14,17,26H,12-13H2,1-3H3,(H,24,28)/t17-,22+/m1/s1. The van der Waals surface area contributed by atoms with Gasteiger partial charge in [-0.2, -0.15) is 0 Å². The molecule has 1 heterocycles. The Bertz CT molecular complexity index is 900. The van der Waals surface area contributed by atoms with Crippen LogP contribution >= 0.6 is 11.6 Å². The van der Waals surface area contributed by atoms with Crippen LogP contribution in [-0.2, 0) is 10.3 Å². The average Bonchev–Trinajstić information content (AvgIpc) is 2.91. The third kappa shape index (κ3) is 4.38. The molecule has 2 atom stereocenters. The number of nitrogens with zero attached hydrogens (tertiary/aromatic N) is 1. The fourth-order valence-corrected chi connectivity index (χ4v) is 3.51. The lowest BCUT2D eigenvalue weighted by Crippen LogP contribution is -2.42. The molecule has 29 heavy (non-hydrogen) atoms. The number of benzene rings is 2. The number of aliphatic hydroxyl groups excluding tert-OH is 1. The zero-order valence-electron chi connectivity index (χ0n) is 16.7. The van der Waals surface area contributed by atoms with Crippen molar-refractivity contribution in [2.45, 2.75) is 38.3 Å². The molecule has 1 saturated heterocycles. The molecule has 3 amide bonds. The number of imide groups is 1. The third-order valence-electron chi connectivity index (χ3n) is 5.06. The summed E-state index contributed by atoms with van der Waals surface area (Å²) in [5, 5.41) is 13.7. The summed E-state index contributed by atoms with van der Waals surface area (Å²) in [5.41, 5.74) is 0.455. The van der Waals surface area contributed by atoms with E-state index in [-0.39, 0.29) is 19.1 Å². The van der Waals surface area contributed by atoms with Crippen molar-refractivity contribution in [1.29, 1.82) is 0 Å². The molecule has 2 N–H and O–H groups in total. The molecule has 7 heteroatoms. The van der Waals surface area contributed by atoms with E-state index in [4.69, 9.17) is 16.3 Å². The van der Waals surface area contributed by atoms with E-state index in [1.807, 2.05) is 24.3 Å². The predicted molar refractivity (Wildman–Crippen MR) is 111 cm³/mol. The number of amides is 3. The predicted octanol–water partition coefficient (Wildman–Crippen LogP) is 3.67. The Morgan fingerprint density at radius 3 is 2.45 bits per heavy atom. The Morgan fingerprint density at radius 2 is 1.79 bits per heavy atom. The van der Waals surface area contributed by atoms with Crippen LogP contribution in [0.4, 0.5) is 4.79 Å². The molecular weight excluding hydrogens is 392 g/mol. The Labute approximate surface area is 175 Å². The van der Waals surface area contributed by atoms with Crippen molar-refractivity contribution in [2.24, 2.45) is 0 Å². The summed E-state index contributed by atoms with van der Waals surface area (Å²) in [6.07, 6.45) is -1.02. The van der Waals surface area contributed by atoms with Crippen LogP contribution in [0.5, 0.6) is 5.75 Å². The highest BCUT2D eigenvalue weighted by Gasteiger charge is 2.49. The van der Waals surface area contributed by atoms with Gasteiger partial charge in [0.05, 0.1) is 6.54 Å². The normalized spacial score (nSPS) is 20.1. The topological polar surface area (TPSA) is 78.9 Å². The fourth-order valence-electron chi connectivity index (χ4n) is 3.38. The van der Waals surface area contributed by atoms with E-state index in [2.05, 4.69) is 19.2 Å². The average molecular weight is 417 g/mol. The monoisotopic (exact) mass is 416 g/mol. The van der Waals surface area contributed by atoms with Gasteiger partial charge in [-0.05, 0) is 42.2 Å². The summed E-state index contributed by atoms with van der Waals surface area (Å²) < 4.78 is 5.76. The smallest absolute Gasteiger partial charge is 0.325 e. The van der Waals surface area contributed by atoms with Gasteiger partial charge in [0.2, 0.25) is 0 Å². The van der Waals surface area contributed by atoms with E-state index in [1.54, 1.807) is 31.2 Å². The van der Waals surface area contributed by atoms with Gasteiger partial charge in [0.25, 0.3) is 5.91 Å². The zero-order valence-corrected chi connectivity index (χ0v) is 17.4. The lowest BCUT2D eigenvalue weighted by Gasteiger charge is -2.23. The van der Waals surface area contributed by atoms with E-state index in [0.29, 0.717) is 16.3 Å². The molecule has 0 bridgehead atoms. The molecule has 0 spiro atoms. The molecular formula is C22H25ClN2O4. The molecule has 1 aliphatic heterocycles. The Kier molecular flexibility index (Phi) is 6.15. The van der Waals surface area contributed by atoms with Crippen LogP contribution in [0.3, 0.4) is 0 Å². The van der Waals surface area contributed by atoms with Crippen LogP contribution in [0, 0.1) is 0 Å². The summed E-state index contributed by atoms with van der Waals surface area (Å²) in [5.74, 6) is 0.533. The zero-order chi connectivity index (χ0) is 21.2. The van der Waals surface area contributed by atoms with Gasteiger partial charge in [0.15, 0.2) is 0 Å². The number of carbonyl (C=O) groups excluding carboxylic acids is 2. The van der Waals surface area contributed by atoms with Gasteiger partial charge in [0, 0.05) is 5.02 Å². The first-order valence-electron chi connectivity index (χ1n) is 9.52. The van der Waals surface area contributed by atoms with E-state index in [1.165, 1.54) is 0 Å². The molecule has 3 rings (SSSR count). The van der Waals surface area contributed by atoms with Crippen LogP contribution in [0.25, 0.3) is 0 Å². The maximum atomic E-state index is 12.9. The van der Waals surface area contributed by atoms with Crippen molar-refractivity contribution in [3.63, 3.8) is 0 Å². The second-order valence-electron chi connectivity index (χ2n) is 7.64. The molecule has 154 valence electrons. The molecule has 0 saturated carbocycles. The van der Waals surface area contributed by atoms with Gasteiger partial charge in [-0.25, -0.2) is 4.79 Å². The highest BCUT2D eigenvalue weighted by atomic mass is 35.5. The van der Waals surface area contributed by atoms with Crippen molar-refractivity contribution in [3.8, 4) is 5.75 Å². The highest BCUT2D eigenvalue weighted by Crippen LogP contribution is 2.30. The van der Waals surface area contributed by atoms with Gasteiger partial charge in [0.1, 0.15) is 24.0 Å². The minimum absolute atomic E-state index is 0.0293. The Morgan fingerprint density at radius 1 is 1.14 bits per heavy atom. The van der Waals surface area contributed by atoms with Gasteiger partial charge < -0.3 is 15.2 Å². The molecule has 0 aromatic heterocycles. The third-order valence-corrected chi connectivity index (χ3v) is 5.31. The molecule has 1 fully saturated rings. The number of carbonyl (C=O) groups is 2. The SMILES string of the molecule is CC(C)c1ccccc1OC[C@H](O)CN1C(=O)N[C@@](C)(c2ccc(Cl)cc2)C1=O. The van der Waals surface area contributed by atoms with Crippen molar-refractivity contribution < 1.29 is 19.4 Å². The number of para-hydroxylation sites is 1. The van der Waals surface area contributed by atoms with Crippen molar-refractivity contribution >= 4 is 23.5 Å². The lowest BCUT2D eigenvalue weighted by atomic mass is 9.92. The Balaban J connectivity index is 1.66. The molecule has 0 aliphatic carbocycles. The van der Waals surface area contributed by atoms with Gasteiger partial charge in [-0.3, -0.25) is 9.69 Å². The van der Waals surface area contributed by atoms with Crippen LogP contribution < -0.4 is 10.1 Å². The largest absolute Gasteiger partial charge is 0.491 e. The minimum atomic E-state index is -1.20. The first-order valence-corrected chi connectivity index (χ1v) is 9.90. The van der Waals surface area contributed by atoms with E-state index >= 15 is 0 Å². The van der Waals surface area contributed by atoms with Crippen LogP contribution in [0.1, 0.15) is 37.8 Å². The summed E-state index contributed by atoms with van der Waals surface area (Å²) in [4.78, 5) is 26.4. The minimum Gasteiger partial charge on any atom is -0.491 e. The van der Waals surface area contributed by atoms with E-state index in [0.717, 1.165) is 10.5 Å². The van der Waals surface area contributed by atoms with Crippen molar-refractivity contribution in [1.82, 2.24) is 10.2 Å². The maximum Gasteiger partial charge on any atom is 0.325 e. The summed E-state index contributed by atoms with van der Waals surface area (Å²) in [7, 11) is 0. The number of hydrogen-bond donors (Lipinski definition) is 2. The molecule has 2 aromatic rings. The van der Waals surface area contributed by atoms with E-state index in [9.17, 15) is 14.7 Å². The quantitative estimate of drug-likeness (QED) is 0.675. The summed E-state index contributed by atoms with van der Waals surface area (Å²) in [6.45, 7) is 5.57. The molecule has 0 unspecified atom stereocenters. The fraction of sp³-hybridized carbons (Fsp3) is 0.364. The number of halogens is 1. The number of hydrogen-bond acceptors (Lipinski definition) is 4. The Hall–Kier alpha value is -2.57. The first kappa shape index (κ1) is 21.1. The number of ether oxygens (including phenoxy) is 1. The summed E-state index contributed by atoms with van der Waals surface area (Å²) in [6, 6.07) is 13.8. The number of β-amino-alcohol motifs (C(OH)–C–C–N with tert-alkyl or cyclic N) is 1. The number of aliphatic hydroxyl groups is 1. The van der Waals surface area contributed by atoms with Gasteiger partial charge >= 0.3 is 6.03 Å². The van der Waals surface area contributed by atoms with Gasteiger partial charge in [-0.1, -0.05) is 55.8 Å². The lowest BCUT2D eigenvalue weighted by molar-refractivity contribution is -0.132. The number of rotatable bonds is 7. The van der Waals surface area contributed by atoms with Crippen LogP contribution in [0.15, 0.2) is 48.5 Å². The second-order valence-corrected chi connectivity index (χ2v) is 8.07. The number of urea groups is 1. The molecule has 0 radical (unpaired) electrons. The number of nitrogens with one attached hydrogen (secondary N) is 1. The molecule has 2 aromatic carbocycles. The van der Waals surface area contributed by atoms with Crippen molar-refractivity contribution in [2.75, 3.05) is 13.2 Å². The van der Waals surface area contributed by atoms with Crippen LogP contribution in [-0.4, -0.2) is 41.2 Å². The van der Waals surface area contributed by atoms with Gasteiger partial charge in [-0.15, -0.1) is 0 Å². The maximum absolute atomic E-state index is 12.9. The molecule has 1 aliphatic rings. The second kappa shape index (κ2) is 8.43.